The van der Waals surface area contributed by atoms with Crippen molar-refractivity contribution in [1.82, 2.24) is 0 Å². The maximum Gasteiger partial charge on any atom is 0.308 e. The molecule has 0 bridgehead atoms. The quantitative estimate of drug-likeness (QED) is 0.939. The van der Waals surface area contributed by atoms with Gasteiger partial charge in [-0.3, -0.25) is 4.79 Å². The Morgan fingerprint density at radius 3 is 2.90 bits per heavy atom. The Labute approximate surface area is 122 Å². The summed E-state index contributed by atoms with van der Waals surface area (Å²) in [6, 6.07) is 12.3. The summed E-state index contributed by atoms with van der Waals surface area (Å²) in [7, 11) is 0. The highest BCUT2D eigenvalue weighted by Gasteiger charge is 2.28. The zero-order valence-corrected chi connectivity index (χ0v) is 12.0. The molecule has 104 valence electrons. The molecular weight excluding hydrogens is 270 g/mol. The summed E-state index contributed by atoms with van der Waals surface area (Å²) in [5, 5.41) is 11.4. The first-order valence-corrected chi connectivity index (χ1v) is 7.70. The van der Waals surface area contributed by atoms with E-state index in [1.54, 1.807) is 11.3 Å². The molecule has 2 heterocycles. The molecule has 2 aromatic rings. The number of hydrogen-bond donors (Lipinski definition) is 1. The Bertz CT molecular complexity index is 594. The second-order valence-corrected chi connectivity index (χ2v) is 6.18. The lowest BCUT2D eigenvalue weighted by Crippen LogP contribution is -2.39. The van der Waals surface area contributed by atoms with E-state index >= 15 is 0 Å². The van der Waals surface area contributed by atoms with Crippen LogP contribution in [0.1, 0.15) is 10.4 Å². The molecule has 1 atom stereocenters. The number of carboxylic acid groups (broad SMARTS) is 1. The Balaban J connectivity index is 1.79. The van der Waals surface area contributed by atoms with Gasteiger partial charge in [0.15, 0.2) is 0 Å². The van der Waals surface area contributed by atoms with Gasteiger partial charge in [-0.15, -0.1) is 11.3 Å². The van der Waals surface area contributed by atoms with Crippen molar-refractivity contribution in [3.05, 3.63) is 52.2 Å². The summed E-state index contributed by atoms with van der Waals surface area (Å²) in [5.41, 5.74) is 2.35. The van der Waals surface area contributed by atoms with Crippen LogP contribution in [0.4, 0.5) is 5.69 Å². The van der Waals surface area contributed by atoms with Gasteiger partial charge in [0, 0.05) is 23.7 Å². The number of carboxylic acids is 1. The summed E-state index contributed by atoms with van der Waals surface area (Å²) in [5.74, 6) is -0.992. The van der Waals surface area contributed by atoms with E-state index in [-0.39, 0.29) is 5.92 Å². The first-order valence-electron chi connectivity index (χ1n) is 6.82. The minimum atomic E-state index is -0.694. The molecule has 0 saturated heterocycles. The van der Waals surface area contributed by atoms with Gasteiger partial charge < -0.3 is 10.0 Å². The van der Waals surface area contributed by atoms with Crippen molar-refractivity contribution in [2.45, 2.75) is 12.8 Å². The van der Waals surface area contributed by atoms with Gasteiger partial charge in [0.05, 0.1) is 5.92 Å². The van der Waals surface area contributed by atoms with Crippen LogP contribution >= 0.6 is 11.3 Å². The predicted molar refractivity (Wildman–Crippen MR) is 81.5 cm³/mol. The van der Waals surface area contributed by atoms with Crippen LogP contribution in [-0.2, 0) is 17.6 Å². The van der Waals surface area contributed by atoms with Gasteiger partial charge in [0.1, 0.15) is 0 Å². The molecular formula is C16H17NO2S. The van der Waals surface area contributed by atoms with Crippen molar-refractivity contribution in [2.75, 3.05) is 18.0 Å². The third kappa shape index (κ3) is 2.70. The third-order valence-corrected chi connectivity index (χ3v) is 4.73. The number of thiophene rings is 1. The number of rotatable bonds is 4. The van der Waals surface area contributed by atoms with E-state index in [4.69, 9.17) is 0 Å². The number of fused-ring (bicyclic) bond motifs is 1. The van der Waals surface area contributed by atoms with Gasteiger partial charge in [0.25, 0.3) is 0 Å². The second kappa shape index (κ2) is 5.67. The van der Waals surface area contributed by atoms with Crippen LogP contribution < -0.4 is 4.90 Å². The molecule has 1 aliphatic heterocycles. The lowest BCUT2D eigenvalue weighted by molar-refractivity contribution is -0.141. The van der Waals surface area contributed by atoms with E-state index < -0.39 is 5.97 Å². The van der Waals surface area contributed by atoms with E-state index in [9.17, 15) is 9.90 Å². The number of hydrogen-bond acceptors (Lipinski definition) is 3. The van der Waals surface area contributed by atoms with Crippen LogP contribution in [0, 0.1) is 5.92 Å². The molecule has 1 aromatic carbocycles. The summed E-state index contributed by atoms with van der Waals surface area (Å²) < 4.78 is 0. The third-order valence-electron chi connectivity index (χ3n) is 3.80. The SMILES string of the molecule is O=C(O)C1Cc2ccccc2N(CCc2cccs2)C1. The Morgan fingerprint density at radius 1 is 1.30 bits per heavy atom. The van der Waals surface area contributed by atoms with Crippen LogP contribution in [0.25, 0.3) is 0 Å². The van der Waals surface area contributed by atoms with Gasteiger partial charge >= 0.3 is 5.97 Å². The molecule has 4 heteroatoms. The number of para-hydroxylation sites is 1. The molecule has 0 aliphatic carbocycles. The largest absolute Gasteiger partial charge is 0.481 e. The van der Waals surface area contributed by atoms with Crippen molar-refractivity contribution < 1.29 is 9.90 Å². The topological polar surface area (TPSA) is 40.5 Å². The van der Waals surface area contributed by atoms with E-state index in [2.05, 4.69) is 28.5 Å². The molecule has 1 aliphatic rings. The fourth-order valence-electron chi connectivity index (χ4n) is 2.76. The molecule has 1 aromatic heterocycles. The van der Waals surface area contributed by atoms with Crippen molar-refractivity contribution in [2.24, 2.45) is 5.92 Å². The number of carbonyl (C=O) groups is 1. The van der Waals surface area contributed by atoms with E-state index in [0.717, 1.165) is 18.5 Å². The molecule has 1 N–H and O–H groups in total. The lowest BCUT2D eigenvalue weighted by atomic mass is 9.92. The maximum absolute atomic E-state index is 11.3. The zero-order valence-electron chi connectivity index (χ0n) is 11.2. The summed E-state index contributed by atoms with van der Waals surface area (Å²) in [6.45, 7) is 1.49. The van der Waals surface area contributed by atoms with Crippen molar-refractivity contribution in [3.63, 3.8) is 0 Å². The molecule has 1 unspecified atom stereocenters. The summed E-state index contributed by atoms with van der Waals surface area (Å²) >= 11 is 1.76. The van der Waals surface area contributed by atoms with E-state index in [0.29, 0.717) is 13.0 Å². The van der Waals surface area contributed by atoms with Crippen molar-refractivity contribution in [3.8, 4) is 0 Å². The van der Waals surface area contributed by atoms with Gasteiger partial charge in [0.2, 0.25) is 0 Å². The summed E-state index contributed by atoms with van der Waals surface area (Å²) in [4.78, 5) is 14.9. The van der Waals surface area contributed by atoms with Crippen LogP contribution in [0.15, 0.2) is 41.8 Å². The minimum absolute atomic E-state index is 0.298. The summed E-state index contributed by atoms with van der Waals surface area (Å²) in [6.07, 6.45) is 1.61. The highest BCUT2D eigenvalue weighted by molar-refractivity contribution is 7.09. The average Bonchev–Trinajstić information content (AvgIpc) is 2.97. The Kier molecular flexibility index (Phi) is 3.74. The smallest absolute Gasteiger partial charge is 0.308 e. The van der Waals surface area contributed by atoms with Crippen molar-refractivity contribution >= 4 is 23.0 Å². The molecule has 20 heavy (non-hydrogen) atoms. The van der Waals surface area contributed by atoms with Crippen LogP contribution in [-0.4, -0.2) is 24.2 Å². The Morgan fingerprint density at radius 2 is 2.15 bits per heavy atom. The number of aliphatic carboxylic acids is 1. The fraction of sp³-hybridized carbons (Fsp3) is 0.312. The molecule has 0 spiro atoms. The average molecular weight is 287 g/mol. The minimum Gasteiger partial charge on any atom is -0.481 e. The Hall–Kier alpha value is -1.81. The van der Waals surface area contributed by atoms with Crippen LogP contribution in [0.3, 0.4) is 0 Å². The lowest BCUT2D eigenvalue weighted by Gasteiger charge is -2.34. The first-order chi connectivity index (χ1) is 9.74. The van der Waals surface area contributed by atoms with Gasteiger partial charge in [-0.2, -0.15) is 0 Å². The number of anilines is 1. The number of benzene rings is 1. The zero-order chi connectivity index (χ0) is 13.9. The van der Waals surface area contributed by atoms with E-state index in [1.165, 1.54) is 10.6 Å². The highest BCUT2D eigenvalue weighted by Crippen LogP contribution is 2.30. The van der Waals surface area contributed by atoms with Crippen LogP contribution in [0.2, 0.25) is 0 Å². The first kappa shape index (κ1) is 13.2. The normalized spacial score (nSPS) is 17.8. The van der Waals surface area contributed by atoms with Gasteiger partial charge in [-0.1, -0.05) is 24.3 Å². The van der Waals surface area contributed by atoms with E-state index in [1.807, 2.05) is 18.2 Å². The maximum atomic E-state index is 11.3. The fourth-order valence-corrected chi connectivity index (χ4v) is 3.46. The molecule has 0 amide bonds. The van der Waals surface area contributed by atoms with Gasteiger partial charge in [-0.25, -0.2) is 0 Å². The monoisotopic (exact) mass is 287 g/mol. The highest BCUT2D eigenvalue weighted by atomic mass is 32.1. The molecule has 0 fully saturated rings. The standard InChI is InChI=1S/C16H17NO2S/c18-16(19)13-10-12-4-1-2-6-15(12)17(11-13)8-7-14-5-3-9-20-14/h1-6,9,13H,7-8,10-11H2,(H,18,19). The second-order valence-electron chi connectivity index (χ2n) is 5.14. The molecule has 0 radical (unpaired) electrons. The van der Waals surface area contributed by atoms with Gasteiger partial charge in [-0.05, 0) is 35.9 Å². The molecule has 3 rings (SSSR count). The molecule has 0 saturated carbocycles. The predicted octanol–water partition coefficient (Wildman–Crippen LogP) is 3.05. The van der Waals surface area contributed by atoms with Crippen molar-refractivity contribution in [1.29, 1.82) is 0 Å². The molecule has 3 nitrogen and oxygen atoms in total. The number of nitrogens with zero attached hydrogens (tertiary/aromatic N) is 1. The van der Waals surface area contributed by atoms with Crippen LogP contribution in [0.5, 0.6) is 0 Å².